The molecule has 1 aromatic rings. The Hall–Kier alpha value is -1.30. The molecule has 5 nitrogen and oxygen atoms in total. The molecule has 0 fully saturated rings. The van der Waals surface area contributed by atoms with Crippen molar-refractivity contribution in [1.29, 1.82) is 0 Å². The summed E-state index contributed by atoms with van der Waals surface area (Å²) in [5.74, 6) is 1.60. The molecule has 132 valence electrons. The van der Waals surface area contributed by atoms with Crippen molar-refractivity contribution in [2.24, 2.45) is 0 Å². The van der Waals surface area contributed by atoms with Crippen LogP contribution in [0.15, 0.2) is 18.2 Å². The summed E-state index contributed by atoms with van der Waals surface area (Å²) in [6.07, 6.45) is -0.524. The van der Waals surface area contributed by atoms with Gasteiger partial charge in [0.15, 0.2) is 0 Å². The van der Waals surface area contributed by atoms with E-state index < -0.39 is 6.10 Å². The highest BCUT2D eigenvalue weighted by Crippen LogP contribution is 2.34. The molecule has 0 unspecified atom stereocenters. The zero-order chi connectivity index (χ0) is 17.5. The first-order valence-electron chi connectivity index (χ1n) is 8.09. The quantitative estimate of drug-likeness (QED) is 0.719. The number of hydrogen-bond donors (Lipinski definition) is 2. The predicted molar refractivity (Wildman–Crippen MR) is 91.3 cm³/mol. The van der Waals surface area contributed by atoms with Crippen LogP contribution in [0.4, 0.5) is 0 Å². The first kappa shape index (κ1) is 19.7. The van der Waals surface area contributed by atoms with E-state index in [1.165, 1.54) is 0 Å². The van der Waals surface area contributed by atoms with Gasteiger partial charge < -0.3 is 24.6 Å². The fourth-order valence-corrected chi connectivity index (χ4v) is 2.32. The maximum atomic E-state index is 10.1. The van der Waals surface area contributed by atoms with Crippen LogP contribution in [0, 0.1) is 0 Å². The molecule has 1 rings (SSSR count). The molecule has 0 saturated carbocycles. The van der Waals surface area contributed by atoms with E-state index in [1.807, 2.05) is 18.2 Å². The summed E-state index contributed by atoms with van der Waals surface area (Å²) in [6, 6.07) is 6.10. The van der Waals surface area contributed by atoms with Gasteiger partial charge in [0.05, 0.1) is 13.7 Å². The van der Waals surface area contributed by atoms with Crippen molar-refractivity contribution in [2.75, 3.05) is 34.0 Å². The minimum absolute atomic E-state index is 0.0616. The van der Waals surface area contributed by atoms with E-state index in [4.69, 9.17) is 14.2 Å². The van der Waals surface area contributed by atoms with Gasteiger partial charge in [-0.15, -0.1) is 0 Å². The molecule has 0 saturated heterocycles. The third-order valence-electron chi connectivity index (χ3n) is 3.67. The van der Waals surface area contributed by atoms with E-state index in [0.29, 0.717) is 19.2 Å². The summed E-state index contributed by atoms with van der Waals surface area (Å²) in [5, 5.41) is 12.2. The van der Waals surface area contributed by atoms with Gasteiger partial charge in [0.2, 0.25) is 0 Å². The lowest BCUT2D eigenvalue weighted by atomic mass is 9.86. The fourth-order valence-electron chi connectivity index (χ4n) is 2.32. The van der Waals surface area contributed by atoms with Gasteiger partial charge in [0.25, 0.3) is 0 Å². The monoisotopic (exact) mass is 326 g/mol. The summed E-state index contributed by atoms with van der Waals surface area (Å²) < 4.78 is 16.2. The summed E-state index contributed by atoms with van der Waals surface area (Å²) in [4.78, 5) is 0. The molecule has 23 heavy (non-hydrogen) atoms. The number of rotatable bonds is 9. The lowest BCUT2D eigenvalue weighted by Crippen LogP contribution is -2.92. The molecule has 5 heteroatoms. The molecule has 0 aliphatic carbocycles. The van der Waals surface area contributed by atoms with Crippen molar-refractivity contribution in [3.63, 3.8) is 0 Å². The van der Waals surface area contributed by atoms with Crippen LogP contribution in [0.2, 0.25) is 0 Å². The van der Waals surface area contributed by atoms with Crippen LogP contribution in [-0.4, -0.2) is 51.2 Å². The average molecular weight is 326 g/mol. The molecule has 0 aromatic heterocycles. The predicted octanol–water partition coefficient (Wildman–Crippen LogP) is 1.33. The van der Waals surface area contributed by atoms with Gasteiger partial charge >= 0.3 is 0 Å². The second-order valence-corrected chi connectivity index (χ2v) is 6.98. The van der Waals surface area contributed by atoms with Gasteiger partial charge in [0.1, 0.15) is 36.8 Å². The Labute approximate surface area is 139 Å². The summed E-state index contributed by atoms with van der Waals surface area (Å²) in [7, 11) is 3.34. The van der Waals surface area contributed by atoms with Gasteiger partial charge in [-0.2, -0.15) is 0 Å². The van der Waals surface area contributed by atoms with Crippen molar-refractivity contribution in [3.05, 3.63) is 23.8 Å². The Morgan fingerprint density at radius 3 is 2.43 bits per heavy atom. The standard InChI is InChI=1S/C18H31NO4/c1-13(11-21-5)19-10-14(20)12-23-17-8-7-15(22-6)9-16(17)18(2,3)4/h7-9,13-14,19-20H,10-12H2,1-6H3/p+1/t13-,14-/m0/s1. The van der Waals surface area contributed by atoms with Crippen LogP contribution in [0.3, 0.4) is 0 Å². The van der Waals surface area contributed by atoms with E-state index >= 15 is 0 Å². The molecule has 0 aliphatic rings. The molecule has 2 atom stereocenters. The Balaban J connectivity index is 2.63. The lowest BCUT2D eigenvalue weighted by molar-refractivity contribution is -0.693. The van der Waals surface area contributed by atoms with Crippen LogP contribution >= 0.6 is 0 Å². The number of aliphatic hydroxyl groups is 1. The van der Waals surface area contributed by atoms with Crippen LogP contribution in [0.5, 0.6) is 11.5 Å². The van der Waals surface area contributed by atoms with Gasteiger partial charge in [-0.25, -0.2) is 0 Å². The van der Waals surface area contributed by atoms with Gasteiger partial charge in [-0.1, -0.05) is 20.8 Å². The molecule has 0 spiro atoms. The highest BCUT2D eigenvalue weighted by Gasteiger charge is 2.21. The number of aliphatic hydroxyl groups excluding tert-OH is 1. The topological polar surface area (TPSA) is 64.5 Å². The molecule has 1 aromatic carbocycles. The number of quaternary nitrogens is 1. The highest BCUT2D eigenvalue weighted by molar-refractivity contribution is 5.44. The summed E-state index contributed by atoms with van der Waals surface area (Å²) >= 11 is 0. The SMILES string of the molecule is COC[C@H](C)[NH2+]C[C@H](O)COc1ccc(OC)cc1C(C)(C)C. The highest BCUT2D eigenvalue weighted by atomic mass is 16.5. The van der Waals surface area contributed by atoms with Crippen LogP contribution < -0.4 is 14.8 Å². The Kier molecular flexibility index (Phi) is 7.82. The summed E-state index contributed by atoms with van der Waals surface area (Å²) in [6.45, 7) is 9.98. The van der Waals surface area contributed by atoms with E-state index in [2.05, 4.69) is 33.0 Å². The van der Waals surface area contributed by atoms with Crippen LogP contribution in [0.1, 0.15) is 33.3 Å². The second-order valence-electron chi connectivity index (χ2n) is 6.98. The minimum atomic E-state index is -0.524. The number of hydrogen-bond acceptors (Lipinski definition) is 4. The maximum Gasteiger partial charge on any atom is 0.137 e. The van der Waals surface area contributed by atoms with Crippen molar-refractivity contribution < 1.29 is 24.6 Å². The van der Waals surface area contributed by atoms with Crippen molar-refractivity contribution in [2.45, 2.75) is 45.3 Å². The zero-order valence-corrected chi connectivity index (χ0v) is 15.3. The van der Waals surface area contributed by atoms with Crippen molar-refractivity contribution >= 4 is 0 Å². The smallest absolute Gasteiger partial charge is 0.137 e. The third kappa shape index (κ3) is 6.77. The Bertz CT molecular complexity index is 471. The lowest BCUT2D eigenvalue weighted by Gasteiger charge is -2.24. The third-order valence-corrected chi connectivity index (χ3v) is 3.67. The fraction of sp³-hybridized carbons (Fsp3) is 0.667. The number of methoxy groups -OCH3 is 2. The first-order valence-corrected chi connectivity index (χ1v) is 8.09. The van der Waals surface area contributed by atoms with Crippen molar-refractivity contribution in [3.8, 4) is 11.5 Å². The zero-order valence-electron chi connectivity index (χ0n) is 15.3. The van der Waals surface area contributed by atoms with E-state index in [-0.39, 0.29) is 12.0 Å². The molecule has 3 N–H and O–H groups in total. The van der Waals surface area contributed by atoms with Gasteiger partial charge in [0, 0.05) is 12.7 Å². The average Bonchev–Trinajstić information content (AvgIpc) is 2.50. The van der Waals surface area contributed by atoms with Crippen LogP contribution in [0.25, 0.3) is 0 Å². The largest absolute Gasteiger partial charge is 0.497 e. The molecular formula is C18H32NO4+. The molecule has 0 amide bonds. The number of nitrogens with two attached hydrogens (primary N) is 1. The summed E-state index contributed by atoms with van der Waals surface area (Å²) in [5.41, 5.74) is 1.01. The van der Waals surface area contributed by atoms with Gasteiger partial charge in [-0.05, 0) is 30.5 Å². The van der Waals surface area contributed by atoms with Gasteiger partial charge in [-0.3, -0.25) is 0 Å². The van der Waals surface area contributed by atoms with Crippen molar-refractivity contribution in [1.82, 2.24) is 0 Å². The van der Waals surface area contributed by atoms with Crippen LogP contribution in [-0.2, 0) is 10.2 Å². The molecular weight excluding hydrogens is 294 g/mol. The molecule has 0 radical (unpaired) electrons. The molecule has 0 aliphatic heterocycles. The second kappa shape index (κ2) is 9.11. The van der Waals surface area contributed by atoms with E-state index in [1.54, 1.807) is 14.2 Å². The van der Waals surface area contributed by atoms with E-state index in [9.17, 15) is 5.11 Å². The Morgan fingerprint density at radius 1 is 1.17 bits per heavy atom. The van der Waals surface area contributed by atoms with E-state index in [0.717, 1.165) is 17.1 Å². The maximum absolute atomic E-state index is 10.1. The number of ether oxygens (including phenoxy) is 3. The molecule has 0 bridgehead atoms. The molecule has 0 heterocycles. The normalized spacial score (nSPS) is 14.4. The number of benzene rings is 1. The minimum Gasteiger partial charge on any atom is -0.497 e. The first-order chi connectivity index (χ1) is 10.8. The Morgan fingerprint density at radius 2 is 1.87 bits per heavy atom.